The van der Waals surface area contributed by atoms with Crippen LogP contribution in [0.4, 0.5) is 5.69 Å². The van der Waals surface area contributed by atoms with Gasteiger partial charge in [0.05, 0.1) is 30.5 Å². The van der Waals surface area contributed by atoms with Gasteiger partial charge in [-0.2, -0.15) is 0 Å². The van der Waals surface area contributed by atoms with Crippen molar-refractivity contribution in [1.29, 1.82) is 0 Å². The molecule has 3 heterocycles. The first-order valence-corrected chi connectivity index (χ1v) is 8.63. The lowest BCUT2D eigenvalue weighted by Crippen LogP contribution is -2.56. The van der Waals surface area contributed by atoms with E-state index in [0.29, 0.717) is 22.5 Å². The molecule has 1 saturated heterocycles. The van der Waals surface area contributed by atoms with Crippen molar-refractivity contribution in [3.05, 3.63) is 53.0 Å². The van der Waals surface area contributed by atoms with Crippen LogP contribution in [0.25, 0.3) is 22.2 Å². The van der Waals surface area contributed by atoms with E-state index in [2.05, 4.69) is 10.3 Å². The van der Waals surface area contributed by atoms with Gasteiger partial charge in [-0.05, 0) is 30.3 Å². The number of anilines is 1. The molecule has 5 N–H and O–H groups in total. The van der Waals surface area contributed by atoms with E-state index < -0.39 is 30.0 Å². The number of aliphatic hydroxyl groups excluding tert-OH is 3. The summed E-state index contributed by atoms with van der Waals surface area (Å²) in [5.41, 5.74) is 1.69. The van der Waals surface area contributed by atoms with Gasteiger partial charge in [0, 0.05) is 23.3 Å². The zero-order valence-electron chi connectivity index (χ0n) is 14.3. The summed E-state index contributed by atoms with van der Waals surface area (Å²) >= 11 is 0. The van der Waals surface area contributed by atoms with Crippen LogP contribution in [0.2, 0.25) is 0 Å². The highest BCUT2D eigenvalue weighted by Gasteiger charge is 2.38. The second kappa shape index (κ2) is 7.16. The smallest absolute Gasteiger partial charge is 0.345 e. The number of aliphatic hydroxyl groups is 3. The Kier molecular flexibility index (Phi) is 4.71. The topological polar surface area (TPSA) is 128 Å². The molecule has 0 radical (unpaired) electrons. The lowest BCUT2D eigenvalue weighted by Gasteiger charge is -2.37. The zero-order chi connectivity index (χ0) is 19.0. The summed E-state index contributed by atoms with van der Waals surface area (Å²) < 4.78 is 10.8. The zero-order valence-corrected chi connectivity index (χ0v) is 14.3. The predicted molar refractivity (Wildman–Crippen MR) is 98.5 cm³/mol. The summed E-state index contributed by atoms with van der Waals surface area (Å²) in [5.74, 6) is 0. The van der Waals surface area contributed by atoms with Crippen LogP contribution in [0.1, 0.15) is 0 Å². The maximum absolute atomic E-state index is 12.3. The predicted octanol–water partition coefficient (Wildman–Crippen LogP) is 0.681. The van der Waals surface area contributed by atoms with Crippen LogP contribution in [0.15, 0.2) is 51.8 Å². The number of nitrogens with one attached hydrogen (secondary N) is 2. The molecule has 1 aliphatic heterocycles. The Morgan fingerprint density at radius 1 is 1.19 bits per heavy atom. The molecule has 142 valence electrons. The van der Waals surface area contributed by atoms with Crippen molar-refractivity contribution in [2.45, 2.75) is 24.4 Å². The highest BCUT2D eigenvalue weighted by Crippen LogP contribution is 2.25. The number of ether oxygens (including phenoxy) is 1. The van der Waals surface area contributed by atoms with Crippen LogP contribution in [-0.2, 0) is 4.74 Å². The standard InChI is InChI=1S/C19H20N2O6/c22-8-16-18(24)17(23)14(9-26-16)21-11-4-3-10-6-12(13-2-1-5-20-13)19(25)27-15(10)7-11/h1-7,14,16-18,20-24H,8-9H2/t14?,16?,17?,18-/m1/s1. The number of fused-ring (bicyclic) bond motifs is 1. The molecule has 8 heteroatoms. The molecule has 0 saturated carbocycles. The van der Waals surface area contributed by atoms with Crippen molar-refractivity contribution < 1.29 is 24.5 Å². The fraction of sp³-hybridized carbons (Fsp3) is 0.316. The lowest BCUT2D eigenvalue weighted by molar-refractivity contribution is -0.152. The Labute approximate surface area is 154 Å². The minimum Gasteiger partial charge on any atom is -0.422 e. The molecule has 4 atom stereocenters. The highest BCUT2D eigenvalue weighted by molar-refractivity contribution is 5.83. The highest BCUT2D eigenvalue weighted by atomic mass is 16.5. The Bertz CT molecular complexity index is 984. The quantitative estimate of drug-likeness (QED) is 0.426. The van der Waals surface area contributed by atoms with E-state index in [9.17, 15) is 15.0 Å². The Hall–Kier alpha value is -2.65. The fourth-order valence-electron chi connectivity index (χ4n) is 3.27. The number of hydrogen-bond donors (Lipinski definition) is 5. The summed E-state index contributed by atoms with van der Waals surface area (Å²) in [6, 6.07) is 10.0. The molecule has 1 aromatic carbocycles. The van der Waals surface area contributed by atoms with E-state index in [0.717, 1.165) is 5.39 Å². The van der Waals surface area contributed by atoms with Crippen molar-refractivity contribution in [2.24, 2.45) is 0 Å². The van der Waals surface area contributed by atoms with E-state index in [1.165, 1.54) is 0 Å². The van der Waals surface area contributed by atoms with Crippen molar-refractivity contribution in [3.8, 4) is 11.3 Å². The van der Waals surface area contributed by atoms with E-state index in [4.69, 9.17) is 14.3 Å². The van der Waals surface area contributed by atoms with Gasteiger partial charge in [0.15, 0.2) is 0 Å². The van der Waals surface area contributed by atoms with Crippen molar-refractivity contribution in [2.75, 3.05) is 18.5 Å². The minimum atomic E-state index is -1.19. The van der Waals surface area contributed by atoms with Crippen LogP contribution in [0.5, 0.6) is 0 Å². The summed E-state index contributed by atoms with van der Waals surface area (Å²) in [4.78, 5) is 15.3. The molecule has 4 rings (SSSR count). The summed E-state index contributed by atoms with van der Waals surface area (Å²) in [5, 5.41) is 33.2. The SMILES string of the molecule is O=c1oc2cc(NC3COC(CO)[C@@H](O)C3O)ccc2cc1-c1ccc[nH]1. The normalized spacial score (nSPS) is 25.6. The van der Waals surface area contributed by atoms with Crippen molar-refractivity contribution in [3.63, 3.8) is 0 Å². The Balaban J connectivity index is 1.59. The molecule has 27 heavy (non-hydrogen) atoms. The lowest BCUT2D eigenvalue weighted by atomic mass is 9.98. The van der Waals surface area contributed by atoms with Crippen LogP contribution < -0.4 is 10.9 Å². The number of aromatic amines is 1. The number of aromatic nitrogens is 1. The van der Waals surface area contributed by atoms with Gasteiger partial charge in [-0.15, -0.1) is 0 Å². The van der Waals surface area contributed by atoms with Crippen LogP contribution in [0, 0.1) is 0 Å². The molecular weight excluding hydrogens is 352 g/mol. The molecule has 8 nitrogen and oxygen atoms in total. The van der Waals surface area contributed by atoms with E-state index in [-0.39, 0.29) is 13.2 Å². The molecule has 1 aliphatic rings. The van der Waals surface area contributed by atoms with Gasteiger partial charge >= 0.3 is 5.63 Å². The second-order valence-corrected chi connectivity index (χ2v) is 6.57. The summed E-state index contributed by atoms with van der Waals surface area (Å²) in [6.45, 7) is -0.244. The maximum atomic E-state index is 12.3. The van der Waals surface area contributed by atoms with Gasteiger partial charge in [-0.25, -0.2) is 4.79 Å². The molecule has 0 aliphatic carbocycles. The maximum Gasteiger partial charge on any atom is 0.345 e. The summed E-state index contributed by atoms with van der Waals surface area (Å²) in [6.07, 6.45) is -1.37. The van der Waals surface area contributed by atoms with E-state index >= 15 is 0 Å². The molecule has 2 aromatic heterocycles. The number of hydrogen-bond acceptors (Lipinski definition) is 7. The van der Waals surface area contributed by atoms with Crippen LogP contribution in [-0.4, -0.2) is 57.9 Å². The van der Waals surface area contributed by atoms with Crippen molar-refractivity contribution in [1.82, 2.24) is 4.98 Å². The molecule has 0 spiro atoms. The molecule has 0 bridgehead atoms. The van der Waals surface area contributed by atoms with Gasteiger partial charge in [0.1, 0.15) is 23.9 Å². The van der Waals surface area contributed by atoms with Gasteiger partial charge < -0.3 is 34.8 Å². The molecule has 3 aromatic rings. The first kappa shape index (κ1) is 17.7. The Morgan fingerprint density at radius 2 is 2.04 bits per heavy atom. The molecule has 3 unspecified atom stereocenters. The van der Waals surface area contributed by atoms with Crippen LogP contribution in [0.3, 0.4) is 0 Å². The van der Waals surface area contributed by atoms with Gasteiger partial charge in [0.25, 0.3) is 0 Å². The number of H-pyrrole nitrogens is 1. The van der Waals surface area contributed by atoms with E-state index in [1.54, 1.807) is 42.6 Å². The molecular formula is C19H20N2O6. The van der Waals surface area contributed by atoms with Crippen LogP contribution >= 0.6 is 0 Å². The third-order valence-corrected chi connectivity index (χ3v) is 4.79. The first-order valence-electron chi connectivity index (χ1n) is 8.63. The fourth-order valence-corrected chi connectivity index (χ4v) is 3.27. The molecule has 1 fully saturated rings. The first-order chi connectivity index (χ1) is 13.1. The third kappa shape index (κ3) is 3.35. The average molecular weight is 372 g/mol. The largest absolute Gasteiger partial charge is 0.422 e. The summed E-state index contributed by atoms with van der Waals surface area (Å²) in [7, 11) is 0. The minimum absolute atomic E-state index is 0.122. The van der Waals surface area contributed by atoms with Gasteiger partial charge in [-0.1, -0.05) is 0 Å². The average Bonchev–Trinajstić information content (AvgIpc) is 3.19. The van der Waals surface area contributed by atoms with Gasteiger partial charge in [-0.3, -0.25) is 0 Å². The van der Waals surface area contributed by atoms with Gasteiger partial charge in [0.2, 0.25) is 0 Å². The Morgan fingerprint density at radius 3 is 2.78 bits per heavy atom. The van der Waals surface area contributed by atoms with Crippen molar-refractivity contribution >= 4 is 16.7 Å². The number of benzene rings is 1. The second-order valence-electron chi connectivity index (χ2n) is 6.57. The molecule has 0 amide bonds. The third-order valence-electron chi connectivity index (χ3n) is 4.79. The number of rotatable bonds is 4. The van der Waals surface area contributed by atoms with E-state index in [1.807, 2.05) is 0 Å². The monoisotopic (exact) mass is 372 g/mol.